The summed E-state index contributed by atoms with van der Waals surface area (Å²) in [5.41, 5.74) is 8.57. The van der Waals surface area contributed by atoms with E-state index in [1.54, 1.807) is 0 Å². The topological polar surface area (TPSA) is 26.0 Å². The first-order chi connectivity index (χ1) is 10.1. The van der Waals surface area contributed by atoms with Gasteiger partial charge in [-0.2, -0.15) is 0 Å². The molecule has 0 bridgehead atoms. The molecule has 1 unspecified atom stereocenters. The van der Waals surface area contributed by atoms with E-state index in [9.17, 15) is 0 Å². The van der Waals surface area contributed by atoms with Crippen LogP contribution < -0.4 is 5.73 Å². The molecule has 0 aliphatic carbocycles. The third kappa shape index (κ3) is 5.03. The Bertz CT molecular complexity index is 603. The molecule has 0 fully saturated rings. The van der Waals surface area contributed by atoms with Crippen LogP contribution in [0.15, 0.2) is 51.8 Å². The summed E-state index contributed by atoms with van der Waals surface area (Å²) >= 11 is 11.6. The Morgan fingerprint density at radius 2 is 1.95 bits per heavy atom. The van der Waals surface area contributed by atoms with Gasteiger partial charge in [-0.15, -0.1) is 11.8 Å². The summed E-state index contributed by atoms with van der Waals surface area (Å²) in [6.45, 7) is 2.13. The van der Waals surface area contributed by atoms with E-state index in [1.165, 1.54) is 10.5 Å². The highest BCUT2D eigenvalue weighted by atomic mass is 79.9. The first-order valence-electron chi connectivity index (χ1n) is 7.00. The van der Waals surface area contributed by atoms with Crippen LogP contribution in [-0.4, -0.2) is 6.04 Å². The molecule has 0 aliphatic rings. The second-order valence-electron chi connectivity index (χ2n) is 5.00. The summed E-state index contributed by atoms with van der Waals surface area (Å²) in [6.07, 6.45) is 1.90. The van der Waals surface area contributed by atoms with Crippen molar-refractivity contribution in [1.82, 2.24) is 0 Å². The molecule has 2 N–H and O–H groups in total. The third-order valence-corrected chi connectivity index (χ3v) is 5.39. The van der Waals surface area contributed by atoms with Crippen molar-refractivity contribution in [2.45, 2.75) is 36.5 Å². The fourth-order valence-corrected chi connectivity index (χ4v) is 3.93. The van der Waals surface area contributed by atoms with Gasteiger partial charge in [-0.1, -0.05) is 58.7 Å². The van der Waals surface area contributed by atoms with Gasteiger partial charge in [-0.25, -0.2) is 0 Å². The molecule has 2 rings (SSSR count). The van der Waals surface area contributed by atoms with Crippen molar-refractivity contribution in [2.24, 2.45) is 5.73 Å². The van der Waals surface area contributed by atoms with Crippen LogP contribution in [0.5, 0.6) is 0 Å². The number of rotatable bonds is 6. The molecule has 0 aliphatic heterocycles. The summed E-state index contributed by atoms with van der Waals surface area (Å²) in [6, 6.07) is 14.6. The van der Waals surface area contributed by atoms with Crippen LogP contribution in [-0.2, 0) is 12.2 Å². The molecule has 1 atom stereocenters. The van der Waals surface area contributed by atoms with Gasteiger partial charge >= 0.3 is 0 Å². The molecule has 0 radical (unpaired) electrons. The Morgan fingerprint density at radius 1 is 1.19 bits per heavy atom. The number of nitrogens with two attached hydrogens (primary N) is 1. The van der Waals surface area contributed by atoms with E-state index in [2.05, 4.69) is 47.1 Å². The molecule has 112 valence electrons. The van der Waals surface area contributed by atoms with Crippen molar-refractivity contribution < 1.29 is 0 Å². The molecule has 2 aromatic rings. The van der Waals surface area contributed by atoms with E-state index in [4.69, 9.17) is 17.3 Å². The lowest BCUT2D eigenvalue weighted by atomic mass is 10.1. The summed E-state index contributed by atoms with van der Waals surface area (Å²) in [5, 5.41) is 0.826. The molecule has 4 heteroatoms. The molecule has 0 amide bonds. The summed E-state index contributed by atoms with van der Waals surface area (Å²) in [5.74, 6) is 0.866. The maximum atomic E-state index is 6.23. The van der Waals surface area contributed by atoms with Gasteiger partial charge in [-0.05, 0) is 42.2 Å². The molecule has 0 spiro atoms. The zero-order valence-corrected chi connectivity index (χ0v) is 15.1. The fourth-order valence-electron chi connectivity index (χ4n) is 2.03. The molecule has 0 aromatic heterocycles. The molecule has 0 heterocycles. The first kappa shape index (κ1) is 16.9. The molecular formula is C17H19BrClNS. The largest absolute Gasteiger partial charge is 0.327 e. The van der Waals surface area contributed by atoms with Crippen LogP contribution in [0.3, 0.4) is 0 Å². The SMILES string of the molecule is CCC(N)Cc1ccc(Br)cc1SCc1ccccc1Cl. The van der Waals surface area contributed by atoms with Gasteiger partial charge in [0.1, 0.15) is 0 Å². The Balaban J connectivity index is 2.14. The molecule has 2 aromatic carbocycles. The predicted octanol–water partition coefficient (Wildman–Crippen LogP) is 5.67. The molecule has 0 saturated heterocycles. The number of halogens is 2. The Morgan fingerprint density at radius 3 is 2.67 bits per heavy atom. The van der Waals surface area contributed by atoms with Gasteiger partial charge in [0.15, 0.2) is 0 Å². The normalized spacial score (nSPS) is 12.4. The zero-order chi connectivity index (χ0) is 15.2. The summed E-state index contributed by atoms with van der Waals surface area (Å²) < 4.78 is 1.10. The highest BCUT2D eigenvalue weighted by molar-refractivity contribution is 9.10. The second kappa shape index (κ2) is 8.23. The van der Waals surface area contributed by atoms with Crippen LogP contribution in [0, 0.1) is 0 Å². The standard InChI is InChI=1S/C17H19BrClNS/c1-2-15(20)9-12-7-8-14(18)10-17(12)21-11-13-5-3-4-6-16(13)19/h3-8,10,15H,2,9,11,20H2,1H3. The van der Waals surface area contributed by atoms with Gasteiger partial charge in [0.2, 0.25) is 0 Å². The van der Waals surface area contributed by atoms with Crippen LogP contribution in [0.2, 0.25) is 5.02 Å². The Kier molecular flexibility index (Phi) is 6.62. The zero-order valence-electron chi connectivity index (χ0n) is 12.0. The highest BCUT2D eigenvalue weighted by Crippen LogP contribution is 2.31. The van der Waals surface area contributed by atoms with E-state index in [-0.39, 0.29) is 6.04 Å². The van der Waals surface area contributed by atoms with Gasteiger partial charge in [-0.3, -0.25) is 0 Å². The maximum absolute atomic E-state index is 6.23. The van der Waals surface area contributed by atoms with Crippen molar-refractivity contribution in [3.05, 3.63) is 63.1 Å². The van der Waals surface area contributed by atoms with Crippen LogP contribution in [0.1, 0.15) is 24.5 Å². The number of hydrogen-bond donors (Lipinski definition) is 1. The Hall–Kier alpha value is -0.480. The van der Waals surface area contributed by atoms with Crippen LogP contribution >= 0.6 is 39.3 Å². The average molecular weight is 385 g/mol. The van der Waals surface area contributed by atoms with E-state index >= 15 is 0 Å². The fraction of sp³-hybridized carbons (Fsp3) is 0.294. The minimum absolute atomic E-state index is 0.214. The second-order valence-corrected chi connectivity index (χ2v) is 7.34. The van der Waals surface area contributed by atoms with Crippen LogP contribution in [0.4, 0.5) is 0 Å². The van der Waals surface area contributed by atoms with E-state index in [1.807, 2.05) is 30.0 Å². The van der Waals surface area contributed by atoms with Crippen molar-refractivity contribution in [2.75, 3.05) is 0 Å². The minimum atomic E-state index is 0.214. The third-order valence-electron chi connectivity index (χ3n) is 3.38. The van der Waals surface area contributed by atoms with Gasteiger partial charge < -0.3 is 5.73 Å². The smallest absolute Gasteiger partial charge is 0.0446 e. The minimum Gasteiger partial charge on any atom is -0.327 e. The summed E-state index contributed by atoms with van der Waals surface area (Å²) in [7, 11) is 0. The lowest BCUT2D eigenvalue weighted by Gasteiger charge is -2.14. The van der Waals surface area contributed by atoms with Gasteiger partial charge in [0.05, 0.1) is 0 Å². The molecule has 21 heavy (non-hydrogen) atoms. The molecular weight excluding hydrogens is 366 g/mol. The highest BCUT2D eigenvalue weighted by Gasteiger charge is 2.09. The van der Waals surface area contributed by atoms with E-state index < -0.39 is 0 Å². The number of hydrogen-bond acceptors (Lipinski definition) is 2. The van der Waals surface area contributed by atoms with Crippen molar-refractivity contribution in [3.63, 3.8) is 0 Å². The van der Waals surface area contributed by atoms with E-state index in [0.29, 0.717) is 0 Å². The number of benzene rings is 2. The molecule has 1 nitrogen and oxygen atoms in total. The Labute approximate surface area is 144 Å². The maximum Gasteiger partial charge on any atom is 0.0446 e. The monoisotopic (exact) mass is 383 g/mol. The van der Waals surface area contributed by atoms with Crippen molar-refractivity contribution >= 4 is 39.3 Å². The number of thioether (sulfide) groups is 1. The molecule has 0 saturated carbocycles. The van der Waals surface area contributed by atoms with Crippen molar-refractivity contribution in [1.29, 1.82) is 0 Å². The summed E-state index contributed by atoms with van der Waals surface area (Å²) in [4.78, 5) is 1.27. The first-order valence-corrected chi connectivity index (χ1v) is 9.16. The average Bonchev–Trinajstić information content (AvgIpc) is 2.48. The quantitative estimate of drug-likeness (QED) is 0.649. The van der Waals surface area contributed by atoms with Crippen LogP contribution in [0.25, 0.3) is 0 Å². The lowest BCUT2D eigenvalue weighted by molar-refractivity contribution is 0.641. The van der Waals surface area contributed by atoms with Crippen molar-refractivity contribution in [3.8, 4) is 0 Å². The van der Waals surface area contributed by atoms with E-state index in [0.717, 1.165) is 33.7 Å². The predicted molar refractivity (Wildman–Crippen MR) is 97.1 cm³/mol. The lowest BCUT2D eigenvalue weighted by Crippen LogP contribution is -2.21. The van der Waals surface area contributed by atoms with Gasteiger partial charge in [0, 0.05) is 26.2 Å². The van der Waals surface area contributed by atoms with Gasteiger partial charge in [0.25, 0.3) is 0 Å².